The SMILES string of the molecule is O=C(CCc1nccs1)Nc1ccc(Oc2ccccc2)cc1. The summed E-state index contributed by atoms with van der Waals surface area (Å²) < 4.78 is 5.72. The van der Waals surface area contributed by atoms with Gasteiger partial charge in [-0.3, -0.25) is 4.79 Å². The number of nitrogens with zero attached hydrogens (tertiary/aromatic N) is 1. The molecule has 0 aliphatic rings. The molecule has 0 saturated carbocycles. The van der Waals surface area contributed by atoms with Gasteiger partial charge in [-0.1, -0.05) is 18.2 Å². The van der Waals surface area contributed by atoms with Gasteiger partial charge in [0.1, 0.15) is 11.5 Å². The van der Waals surface area contributed by atoms with Crippen LogP contribution in [0.4, 0.5) is 5.69 Å². The summed E-state index contributed by atoms with van der Waals surface area (Å²) in [5, 5.41) is 5.77. The molecule has 2 aromatic carbocycles. The molecule has 0 aliphatic heterocycles. The second-order valence-electron chi connectivity index (χ2n) is 4.91. The highest BCUT2D eigenvalue weighted by molar-refractivity contribution is 7.09. The Hall–Kier alpha value is -2.66. The molecule has 23 heavy (non-hydrogen) atoms. The molecule has 0 bridgehead atoms. The molecular weight excluding hydrogens is 308 g/mol. The quantitative estimate of drug-likeness (QED) is 0.726. The number of rotatable bonds is 6. The number of carbonyl (C=O) groups is 1. The molecule has 0 saturated heterocycles. The summed E-state index contributed by atoms with van der Waals surface area (Å²) in [6.45, 7) is 0. The van der Waals surface area contributed by atoms with E-state index in [-0.39, 0.29) is 5.91 Å². The number of aryl methyl sites for hydroxylation is 1. The van der Waals surface area contributed by atoms with Crippen molar-refractivity contribution in [2.75, 3.05) is 5.32 Å². The van der Waals surface area contributed by atoms with Crippen LogP contribution in [0.15, 0.2) is 66.2 Å². The van der Waals surface area contributed by atoms with Crippen LogP contribution in [0.2, 0.25) is 0 Å². The van der Waals surface area contributed by atoms with Gasteiger partial charge < -0.3 is 10.1 Å². The number of carbonyl (C=O) groups excluding carboxylic acids is 1. The maximum Gasteiger partial charge on any atom is 0.224 e. The molecule has 0 radical (unpaired) electrons. The van der Waals surface area contributed by atoms with Gasteiger partial charge in [0.15, 0.2) is 0 Å². The van der Waals surface area contributed by atoms with Crippen LogP contribution >= 0.6 is 11.3 Å². The van der Waals surface area contributed by atoms with Gasteiger partial charge >= 0.3 is 0 Å². The third kappa shape index (κ3) is 4.66. The standard InChI is InChI=1S/C18H16N2O2S/c21-17(10-11-18-19-12-13-23-18)20-14-6-8-16(9-7-14)22-15-4-2-1-3-5-15/h1-9,12-13H,10-11H2,(H,20,21). The Labute approximate surface area is 138 Å². The van der Waals surface area contributed by atoms with Gasteiger partial charge in [0.25, 0.3) is 0 Å². The first-order chi connectivity index (χ1) is 11.3. The molecule has 1 aromatic heterocycles. The second-order valence-corrected chi connectivity index (χ2v) is 5.89. The van der Waals surface area contributed by atoms with Crippen molar-refractivity contribution in [2.24, 2.45) is 0 Å². The predicted octanol–water partition coefficient (Wildman–Crippen LogP) is 4.51. The topological polar surface area (TPSA) is 51.2 Å². The Balaban J connectivity index is 1.51. The highest BCUT2D eigenvalue weighted by Gasteiger charge is 2.05. The van der Waals surface area contributed by atoms with Crippen molar-refractivity contribution in [1.29, 1.82) is 0 Å². The van der Waals surface area contributed by atoms with Crippen molar-refractivity contribution in [1.82, 2.24) is 4.98 Å². The monoisotopic (exact) mass is 324 g/mol. The van der Waals surface area contributed by atoms with Gasteiger partial charge in [0.05, 0.1) is 5.01 Å². The lowest BCUT2D eigenvalue weighted by atomic mass is 10.2. The van der Waals surface area contributed by atoms with Gasteiger partial charge in [-0.2, -0.15) is 0 Å². The number of amides is 1. The second kappa shape index (κ2) is 7.56. The summed E-state index contributed by atoms with van der Waals surface area (Å²) in [5.74, 6) is 1.50. The lowest BCUT2D eigenvalue weighted by Crippen LogP contribution is -2.12. The van der Waals surface area contributed by atoms with Crippen LogP contribution < -0.4 is 10.1 Å². The summed E-state index contributed by atoms with van der Waals surface area (Å²) >= 11 is 1.57. The van der Waals surface area contributed by atoms with Crippen LogP contribution in [0.25, 0.3) is 0 Å². The maximum atomic E-state index is 11.9. The van der Waals surface area contributed by atoms with Crippen LogP contribution in [0.5, 0.6) is 11.5 Å². The number of anilines is 1. The normalized spacial score (nSPS) is 10.3. The minimum Gasteiger partial charge on any atom is -0.457 e. The average Bonchev–Trinajstić information content (AvgIpc) is 3.09. The zero-order chi connectivity index (χ0) is 15.9. The van der Waals surface area contributed by atoms with Crippen LogP contribution in [-0.2, 0) is 11.2 Å². The minimum atomic E-state index is -0.0167. The molecule has 0 aliphatic carbocycles. The molecule has 0 unspecified atom stereocenters. The predicted molar refractivity (Wildman–Crippen MR) is 92.0 cm³/mol. The van der Waals surface area contributed by atoms with E-state index in [1.165, 1.54) is 0 Å². The number of aromatic nitrogens is 1. The number of hydrogen-bond donors (Lipinski definition) is 1. The van der Waals surface area contributed by atoms with Crippen molar-refractivity contribution in [3.8, 4) is 11.5 Å². The molecule has 3 rings (SSSR count). The third-order valence-corrected chi connectivity index (χ3v) is 4.01. The van der Waals surface area contributed by atoms with E-state index in [1.807, 2.05) is 60.0 Å². The minimum absolute atomic E-state index is 0.0167. The van der Waals surface area contributed by atoms with Crippen molar-refractivity contribution < 1.29 is 9.53 Å². The lowest BCUT2D eigenvalue weighted by molar-refractivity contribution is -0.116. The van der Waals surface area contributed by atoms with E-state index in [0.717, 1.165) is 22.2 Å². The Morgan fingerprint density at radius 3 is 2.48 bits per heavy atom. The average molecular weight is 324 g/mol. The van der Waals surface area contributed by atoms with Gasteiger partial charge in [-0.25, -0.2) is 4.98 Å². The van der Waals surface area contributed by atoms with Crippen molar-refractivity contribution in [3.63, 3.8) is 0 Å². The number of hydrogen-bond acceptors (Lipinski definition) is 4. The molecule has 0 spiro atoms. The Morgan fingerprint density at radius 2 is 1.78 bits per heavy atom. The van der Waals surface area contributed by atoms with E-state index < -0.39 is 0 Å². The van der Waals surface area contributed by atoms with E-state index in [9.17, 15) is 4.79 Å². The molecular formula is C18H16N2O2S. The molecule has 1 N–H and O–H groups in total. The number of benzene rings is 2. The molecule has 1 heterocycles. The van der Waals surface area contributed by atoms with Crippen molar-refractivity contribution in [2.45, 2.75) is 12.8 Å². The van der Waals surface area contributed by atoms with E-state index in [2.05, 4.69) is 10.3 Å². The molecule has 1 amide bonds. The zero-order valence-corrected chi connectivity index (χ0v) is 13.3. The summed E-state index contributed by atoms with van der Waals surface area (Å²) in [7, 11) is 0. The molecule has 4 nitrogen and oxygen atoms in total. The summed E-state index contributed by atoms with van der Waals surface area (Å²) in [4.78, 5) is 16.1. The van der Waals surface area contributed by atoms with Crippen LogP contribution in [0, 0.1) is 0 Å². The first kappa shape index (κ1) is 15.2. The number of para-hydroxylation sites is 1. The van der Waals surface area contributed by atoms with Crippen LogP contribution in [-0.4, -0.2) is 10.9 Å². The van der Waals surface area contributed by atoms with Gasteiger partial charge in [0, 0.05) is 30.1 Å². The maximum absolute atomic E-state index is 11.9. The lowest BCUT2D eigenvalue weighted by Gasteiger charge is -2.08. The zero-order valence-electron chi connectivity index (χ0n) is 12.4. The van der Waals surface area contributed by atoms with E-state index in [0.29, 0.717) is 12.8 Å². The first-order valence-corrected chi connectivity index (χ1v) is 8.19. The Morgan fingerprint density at radius 1 is 1.04 bits per heavy atom. The van der Waals surface area contributed by atoms with Crippen LogP contribution in [0.3, 0.4) is 0 Å². The van der Waals surface area contributed by atoms with E-state index in [1.54, 1.807) is 17.5 Å². The number of ether oxygens (including phenoxy) is 1. The Bertz CT molecular complexity index is 740. The summed E-state index contributed by atoms with van der Waals surface area (Å²) in [6, 6.07) is 16.9. The van der Waals surface area contributed by atoms with Crippen molar-refractivity contribution >= 4 is 22.9 Å². The first-order valence-electron chi connectivity index (χ1n) is 7.31. The molecule has 0 atom stereocenters. The smallest absolute Gasteiger partial charge is 0.224 e. The fraction of sp³-hybridized carbons (Fsp3) is 0.111. The summed E-state index contributed by atoms with van der Waals surface area (Å²) in [5.41, 5.74) is 0.759. The van der Waals surface area contributed by atoms with Gasteiger partial charge in [-0.05, 0) is 36.4 Å². The van der Waals surface area contributed by atoms with E-state index >= 15 is 0 Å². The number of nitrogens with one attached hydrogen (secondary N) is 1. The largest absolute Gasteiger partial charge is 0.457 e. The highest BCUT2D eigenvalue weighted by atomic mass is 32.1. The fourth-order valence-corrected chi connectivity index (χ4v) is 2.67. The molecule has 0 fully saturated rings. The third-order valence-electron chi connectivity index (χ3n) is 3.17. The molecule has 3 aromatic rings. The Kier molecular flexibility index (Phi) is 5.01. The molecule has 116 valence electrons. The highest BCUT2D eigenvalue weighted by Crippen LogP contribution is 2.22. The summed E-state index contributed by atoms with van der Waals surface area (Å²) in [6.07, 6.45) is 2.85. The van der Waals surface area contributed by atoms with Crippen molar-refractivity contribution in [3.05, 3.63) is 71.2 Å². The number of thiazole rings is 1. The van der Waals surface area contributed by atoms with E-state index in [4.69, 9.17) is 4.74 Å². The van der Waals surface area contributed by atoms with Crippen LogP contribution in [0.1, 0.15) is 11.4 Å². The van der Waals surface area contributed by atoms with Gasteiger partial charge in [-0.15, -0.1) is 11.3 Å². The molecule has 5 heteroatoms. The fourth-order valence-electron chi connectivity index (χ4n) is 2.05. The van der Waals surface area contributed by atoms with Gasteiger partial charge in [0.2, 0.25) is 5.91 Å².